The summed E-state index contributed by atoms with van der Waals surface area (Å²) in [6.07, 6.45) is 0.484. The number of rotatable bonds is 5. The fourth-order valence-electron chi connectivity index (χ4n) is 2.10. The Morgan fingerprint density at radius 2 is 2.10 bits per heavy atom. The Morgan fingerprint density at radius 3 is 2.67 bits per heavy atom. The molecule has 7 heteroatoms. The molecule has 0 aliphatic heterocycles. The Hall–Kier alpha value is -2.08. The molecule has 0 aliphatic carbocycles. The van der Waals surface area contributed by atoms with Crippen LogP contribution in [0.1, 0.15) is 19.5 Å². The summed E-state index contributed by atoms with van der Waals surface area (Å²) >= 11 is 6.17. The molecule has 0 radical (unpaired) electrons. The summed E-state index contributed by atoms with van der Waals surface area (Å²) in [5, 5.41) is 15.6. The number of benzene rings is 1. The number of para-hydroxylation sites is 2. The van der Waals surface area contributed by atoms with Crippen LogP contribution in [-0.4, -0.2) is 21.8 Å². The van der Waals surface area contributed by atoms with E-state index in [-0.39, 0.29) is 16.8 Å². The minimum atomic E-state index is -0.487. The highest BCUT2D eigenvalue weighted by Gasteiger charge is 2.28. The van der Waals surface area contributed by atoms with E-state index in [1.165, 1.54) is 11.8 Å². The topological polar surface area (TPSA) is 70.2 Å². The van der Waals surface area contributed by atoms with E-state index in [4.69, 9.17) is 16.3 Å². The van der Waals surface area contributed by atoms with Crippen LogP contribution in [0.5, 0.6) is 5.75 Å². The van der Waals surface area contributed by atoms with Crippen LogP contribution in [0.25, 0.3) is 5.69 Å². The van der Waals surface area contributed by atoms with E-state index in [0.717, 1.165) is 0 Å². The van der Waals surface area contributed by atoms with E-state index < -0.39 is 4.92 Å². The molecule has 1 heterocycles. The van der Waals surface area contributed by atoms with Gasteiger partial charge in [-0.15, -0.1) is 0 Å². The highest BCUT2D eigenvalue weighted by molar-refractivity contribution is 6.32. The second-order valence-electron chi connectivity index (χ2n) is 5.02. The number of hydrogen-bond acceptors (Lipinski definition) is 4. The largest absolute Gasteiger partial charge is 0.494 e. The van der Waals surface area contributed by atoms with E-state index in [0.29, 0.717) is 23.6 Å². The SMILES string of the molecule is COc1ccccc1-n1nc(CC(C)C)c([N+](=O)[O-])c1Cl. The normalized spacial score (nSPS) is 10.9. The maximum absolute atomic E-state index is 11.3. The molecule has 2 rings (SSSR count). The van der Waals surface area contributed by atoms with Crippen molar-refractivity contribution in [3.8, 4) is 11.4 Å². The summed E-state index contributed by atoms with van der Waals surface area (Å²) in [5.74, 6) is 0.786. The first-order valence-electron chi connectivity index (χ1n) is 6.50. The first-order valence-corrected chi connectivity index (χ1v) is 6.88. The van der Waals surface area contributed by atoms with Crippen molar-refractivity contribution in [3.05, 3.63) is 45.2 Å². The fourth-order valence-corrected chi connectivity index (χ4v) is 2.41. The van der Waals surface area contributed by atoms with Crippen molar-refractivity contribution in [1.82, 2.24) is 9.78 Å². The van der Waals surface area contributed by atoms with Crippen molar-refractivity contribution in [2.24, 2.45) is 5.92 Å². The number of ether oxygens (including phenoxy) is 1. The van der Waals surface area contributed by atoms with Crippen LogP contribution in [0.3, 0.4) is 0 Å². The molecular formula is C14H16ClN3O3. The molecule has 0 saturated carbocycles. The number of halogens is 1. The first kappa shape index (κ1) is 15.3. The van der Waals surface area contributed by atoms with Gasteiger partial charge >= 0.3 is 5.69 Å². The number of nitrogens with zero attached hydrogens (tertiary/aromatic N) is 3. The Bertz CT molecular complexity index is 667. The second kappa shape index (κ2) is 6.13. The van der Waals surface area contributed by atoms with Gasteiger partial charge in [-0.25, -0.2) is 4.68 Å². The maximum atomic E-state index is 11.3. The minimum Gasteiger partial charge on any atom is -0.494 e. The average molecular weight is 310 g/mol. The van der Waals surface area contributed by atoms with Gasteiger partial charge in [0.25, 0.3) is 0 Å². The highest BCUT2D eigenvalue weighted by atomic mass is 35.5. The average Bonchev–Trinajstić information content (AvgIpc) is 2.74. The van der Waals surface area contributed by atoms with Crippen LogP contribution in [0, 0.1) is 16.0 Å². The molecule has 0 bridgehead atoms. The highest BCUT2D eigenvalue weighted by Crippen LogP contribution is 2.34. The lowest BCUT2D eigenvalue weighted by molar-refractivity contribution is -0.385. The number of methoxy groups -OCH3 is 1. The van der Waals surface area contributed by atoms with Gasteiger partial charge in [0.2, 0.25) is 5.15 Å². The second-order valence-corrected chi connectivity index (χ2v) is 5.38. The van der Waals surface area contributed by atoms with Crippen LogP contribution in [0.2, 0.25) is 5.15 Å². The third kappa shape index (κ3) is 3.00. The Labute approximate surface area is 127 Å². The molecule has 0 aliphatic rings. The summed E-state index contributed by atoms with van der Waals surface area (Å²) in [6, 6.07) is 7.11. The van der Waals surface area contributed by atoms with E-state index in [1.807, 2.05) is 19.9 Å². The molecule has 0 atom stereocenters. The first-order chi connectivity index (χ1) is 9.95. The molecule has 0 amide bonds. The van der Waals surface area contributed by atoms with Crippen LogP contribution in [0.15, 0.2) is 24.3 Å². The molecule has 0 spiro atoms. The molecule has 112 valence electrons. The van der Waals surface area contributed by atoms with Gasteiger partial charge in [-0.1, -0.05) is 37.6 Å². The summed E-state index contributed by atoms with van der Waals surface area (Å²) < 4.78 is 6.61. The fraction of sp³-hybridized carbons (Fsp3) is 0.357. The van der Waals surface area contributed by atoms with Crippen LogP contribution >= 0.6 is 11.6 Å². The van der Waals surface area contributed by atoms with E-state index in [9.17, 15) is 10.1 Å². The Kier molecular flexibility index (Phi) is 4.47. The van der Waals surface area contributed by atoms with Crippen LogP contribution < -0.4 is 4.74 Å². The smallest absolute Gasteiger partial charge is 0.329 e. The van der Waals surface area contributed by atoms with Crippen molar-refractivity contribution in [1.29, 1.82) is 0 Å². The lowest BCUT2D eigenvalue weighted by atomic mass is 10.1. The summed E-state index contributed by atoms with van der Waals surface area (Å²) in [6.45, 7) is 3.94. The lowest BCUT2D eigenvalue weighted by Crippen LogP contribution is -2.02. The molecule has 0 N–H and O–H groups in total. The number of nitro groups is 1. The van der Waals surface area contributed by atoms with E-state index >= 15 is 0 Å². The van der Waals surface area contributed by atoms with Crippen molar-refractivity contribution < 1.29 is 9.66 Å². The molecule has 21 heavy (non-hydrogen) atoms. The zero-order chi connectivity index (χ0) is 15.6. The van der Waals surface area contributed by atoms with Gasteiger partial charge < -0.3 is 4.74 Å². The van der Waals surface area contributed by atoms with Crippen molar-refractivity contribution >= 4 is 17.3 Å². The molecule has 0 unspecified atom stereocenters. The van der Waals surface area contributed by atoms with Gasteiger partial charge in [-0.05, 0) is 18.1 Å². The van der Waals surface area contributed by atoms with Gasteiger partial charge in [0, 0.05) is 6.42 Å². The van der Waals surface area contributed by atoms with E-state index in [1.54, 1.807) is 18.2 Å². The predicted molar refractivity (Wildman–Crippen MR) is 80.3 cm³/mol. The summed E-state index contributed by atoms with van der Waals surface area (Å²) in [4.78, 5) is 10.8. The molecular weight excluding hydrogens is 294 g/mol. The van der Waals surface area contributed by atoms with Gasteiger partial charge in [0.1, 0.15) is 17.1 Å². The Morgan fingerprint density at radius 1 is 1.43 bits per heavy atom. The Balaban J connectivity index is 2.62. The molecule has 6 nitrogen and oxygen atoms in total. The quantitative estimate of drug-likeness (QED) is 0.624. The van der Waals surface area contributed by atoms with Crippen LogP contribution in [0.4, 0.5) is 5.69 Å². The lowest BCUT2D eigenvalue weighted by Gasteiger charge is -2.08. The standard InChI is InChI=1S/C14H16ClN3O3/c1-9(2)8-10-13(18(19)20)14(15)17(16-10)11-6-4-5-7-12(11)21-3/h4-7,9H,8H2,1-3H3. The molecule has 1 aromatic heterocycles. The molecule has 2 aromatic rings. The third-order valence-corrected chi connectivity index (χ3v) is 3.31. The third-order valence-electron chi connectivity index (χ3n) is 2.97. The zero-order valence-electron chi connectivity index (χ0n) is 12.0. The molecule has 0 fully saturated rings. The molecule has 0 saturated heterocycles. The van der Waals surface area contributed by atoms with Crippen molar-refractivity contribution in [3.63, 3.8) is 0 Å². The number of aromatic nitrogens is 2. The summed E-state index contributed by atoms with van der Waals surface area (Å²) in [7, 11) is 1.53. The van der Waals surface area contributed by atoms with Gasteiger partial charge in [-0.2, -0.15) is 5.10 Å². The van der Waals surface area contributed by atoms with Crippen molar-refractivity contribution in [2.75, 3.05) is 7.11 Å². The van der Waals surface area contributed by atoms with E-state index in [2.05, 4.69) is 5.10 Å². The minimum absolute atomic E-state index is 0.0137. The molecule has 1 aromatic carbocycles. The zero-order valence-corrected chi connectivity index (χ0v) is 12.8. The number of hydrogen-bond donors (Lipinski definition) is 0. The maximum Gasteiger partial charge on any atom is 0.329 e. The van der Waals surface area contributed by atoms with Gasteiger partial charge in [-0.3, -0.25) is 10.1 Å². The monoisotopic (exact) mass is 309 g/mol. The van der Waals surface area contributed by atoms with Crippen molar-refractivity contribution in [2.45, 2.75) is 20.3 Å². The summed E-state index contributed by atoms with van der Waals surface area (Å²) in [5.41, 5.74) is 0.810. The van der Waals surface area contributed by atoms with Gasteiger partial charge in [0.15, 0.2) is 0 Å². The predicted octanol–water partition coefficient (Wildman–Crippen LogP) is 3.64. The van der Waals surface area contributed by atoms with Gasteiger partial charge in [0.05, 0.1) is 12.0 Å². The van der Waals surface area contributed by atoms with Crippen LogP contribution in [-0.2, 0) is 6.42 Å².